The first-order valence-electron chi connectivity index (χ1n) is 8.75. The monoisotopic (exact) mass is 331 g/mol. The Kier molecular flexibility index (Phi) is 4.61. The van der Waals surface area contributed by atoms with Crippen molar-refractivity contribution in [1.29, 1.82) is 0 Å². The van der Waals surface area contributed by atoms with Gasteiger partial charge in [0.1, 0.15) is 0 Å². The van der Waals surface area contributed by atoms with Crippen molar-refractivity contribution in [2.45, 2.75) is 52.9 Å². The topological polar surface area (TPSA) is 76.2 Å². The number of Topliss-reactive ketones (excluding diaryl/α,β-unsaturated/α-hetero) is 2. The third-order valence-electron chi connectivity index (χ3n) is 5.75. The van der Waals surface area contributed by atoms with E-state index >= 15 is 0 Å². The van der Waals surface area contributed by atoms with Gasteiger partial charge in [0.25, 0.3) is 0 Å². The Labute approximate surface area is 142 Å². The molecule has 2 fully saturated rings. The summed E-state index contributed by atoms with van der Waals surface area (Å²) in [5.41, 5.74) is 2.22. The lowest BCUT2D eigenvalue weighted by molar-refractivity contribution is -0.144. The van der Waals surface area contributed by atoms with Crippen molar-refractivity contribution < 1.29 is 19.1 Å². The van der Waals surface area contributed by atoms with Crippen LogP contribution in [0.15, 0.2) is 0 Å². The van der Waals surface area contributed by atoms with E-state index in [1.807, 2.05) is 0 Å². The highest BCUT2D eigenvalue weighted by atomic mass is 16.5. The normalized spacial score (nSPS) is 25.0. The van der Waals surface area contributed by atoms with Gasteiger partial charge in [-0.1, -0.05) is 6.42 Å². The van der Waals surface area contributed by atoms with E-state index in [0.29, 0.717) is 40.8 Å². The number of nitrogens with one attached hydrogen (secondary N) is 1. The van der Waals surface area contributed by atoms with Crippen LogP contribution in [0.1, 0.15) is 71.1 Å². The number of H-pyrrole nitrogens is 1. The molecule has 1 aromatic rings. The lowest BCUT2D eigenvalue weighted by atomic mass is 9.86. The zero-order chi connectivity index (χ0) is 17.4. The molecule has 0 unspecified atom stereocenters. The highest BCUT2D eigenvalue weighted by Crippen LogP contribution is 2.49. The van der Waals surface area contributed by atoms with Crippen molar-refractivity contribution in [2.24, 2.45) is 17.8 Å². The van der Waals surface area contributed by atoms with E-state index in [1.54, 1.807) is 13.8 Å². The molecule has 130 valence electrons. The predicted octanol–water partition coefficient (Wildman–Crippen LogP) is 3.39. The van der Waals surface area contributed by atoms with Crippen molar-refractivity contribution in [3.63, 3.8) is 0 Å². The van der Waals surface area contributed by atoms with Gasteiger partial charge in [-0.2, -0.15) is 0 Å². The Bertz CT molecular complexity index is 688. The fourth-order valence-corrected chi connectivity index (χ4v) is 4.67. The zero-order valence-corrected chi connectivity index (χ0v) is 14.6. The fraction of sp³-hybridized carbons (Fsp3) is 0.632. The van der Waals surface area contributed by atoms with E-state index in [0.717, 1.165) is 12.3 Å². The predicted molar refractivity (Wildman–Crippen MR) is 89.1 cm³/mol. The number of hydrogen-bond donors (Lipinski definition) is 1. The van der Waals surface area contributed by atoms with E-state index in [1.165, 1.54) is 26.2 Å². The molecule has 0 radical (unpaired) electrons. The first-order valence-corrected chi connectivity index (χ1v) is 8.75. The van der Waals surface area contributed by atoms with Crippen LogP contribution in [-0.4, -0.2) is 29.1 Å². The van der Waals surface area contributed by atoms with Crippen molar-refractivity contribution >= 4 is 17.5 Å². The van der Waals surface area contributed by atoms with Gasteiger partial charge < -0.3 is 9.72 Å². The van der Waals surface area contributed by atoms with Gasteiger partial charge in [0, 0.05) is 17.7 Å². The van der Waals surface area contributed by atoms with E-state index in [4.69, 9.17) is 4.74 Å². The van der Waals surface area contributed by atoms with Gasteiger partial charge in [-0.05, 0) is 63.4 Å². The summed E-state index contributed by atoms with van der Waals surface area (Å²) in [5, 5.41) is 0. The molecule has 1 aromatic heterocycles. The molecule has 3 atom stereocenters. The number of aromatic amines is 1. The largest absolute Gasteiger partial charge is 0.457 e. The third kappa shape index (κ3) is 3.17. The van der Waals surface area contributed by atoms with Gasteiger partial charge in [-0.25, -0.2) is 0 Å². The number of hydrogen-bond acceptors (Lipinski definition) is 4. The molecule has 2 bridgehead atoms. The number of ether oxygens (including phenoxy) is 1. The Morgan fingerprint density at radius 1 is 1.17 bits per heavy atom. The third-order valence-corrected chi connectivity index (χ3v) is 5.75. The van der Waals surface area contributed by atoms with E-state index < -0.39 is 0 Å². The number of aryl methyl sites for hydroxylation is 1. The maximum absolute atomic E-state index is 12.3. The Morgan fingerprint density at radius 2 is 1.92 bits per heavy atom. The molecule has 0 aromatic carbocycles. The lowest BCUT2D eigenvalue weighted by Gasteiger charge is -2.20. The molecule has 1 N–H and O–H groups in total. The van der Waals surface area contributed by atoms with Crippen LogP contribution >= 0.6 is 0 Å². The highest BCUT2D eigenvalue weighted by Gasteiger charge is 2.40. The van der Waals surface area contributed by atoms with Gasteiger partial charge in [0.2, 0.25) is 5.78 Å². The van der Waals surface area contributed by atoms with Crippen molar-refractivity contribution in [1.82, 2.24) is 4.98 Å². The molecule has 24 heavy (non-hydrogen) atoms. The molecule has 3 rings (SSSR count). The molecular formula is C19H25NO4. The van der Waals surface area contributed by atoms with Crippen LogP contribution in [0.2, 0.25) is 0 Å². The molecule has 5 nitrogen and oxygen atoms in total. The van der Waals surface area contributed by atoms with Crippen LogP contribution in [0.4, 0.5) is 0 Å². The molecule has 0 spiro atoms. The van der Waals surface area contributed by atoms with Gasteiger partial charge in [0.15, 0.2) is 12.4 Å². The number of carbonyl (C=O) groups excluding carboxylic acids is 3. The summed E-state index contributed by atoms with van der Waals surface area (Å²) in [5.74, 6) is 1.25. The number of fused-ring (bicyclic) bond motifs is 2. The van der Waals surface area contributed by atoms with Gasteiger partial charge in [0.05, 0.1) is 5.69 Å². The Hall–Kier alpha value is -1.91. The molecule has 2 aliphatic rings. The van der Waals surface area contributed by atoms with Crippen LogP contribution in [0.5, 0.6) is 0 Å². The summed E-state index contributed by atoms with van der Waals surface area (Å²) in [4.78, 5) is 38.9. The second kappa shape index (κ2) is 6.54. The van der Waals surface area contributed by atoms with Crippen LogP contribution in [0.3, 0.4) is 0 Å². The second-order valence-corrected chi connectivity index (χ2v) is 7.40. The van der Waals surface area contributed by atoms with Crippen LogP contribution < -0.4 is 0 Å². The number of esters is 1. The molecule has 0 amide bonds. The number of aromatic nitrogens is 1. The molecule has 0 aliphatic heterocycles. The van der Waals surface area contributed by atoms with Crippen molar-refractivity contribution in [3.8, 4) is 0 Å². The maximum atomic E-state index is 12.3. The maximum Gasteiger partial charge on any atom is 0.306 e. The van der Waals surface area contributed by atoms with Crippen LogP contribution in [-0.2, 0) is 9.53 Å². The van der Waals surface area contributed by atoms with Crippen molar-refractivity contribution in [2.75, 3.05) is 6.61 Å². The zero-order valence-electron chi connectivity index (χ0n) is 14.6. The fourth-order valence-electron chi connectivity index (χ4n) is 4.67. The molecule has 1 heterocycles. The molecule has 2 aliphatic carbocycles. The summed E-state index contributed by atoms with van der Waals surface area (Å²) >= 11 is 0. The van der Waals surface area contributed by atoms with Crippen LogP contribution in [0, 0.1) is 31.6 Å². The summed E-state index contributed by atoms with van der Waals surface area (Å²) in [6.07, 6.45) is 5.35. The lowest BCUT2D eigenvalue weighted by Crippen LogP contribution is -2.20. The minimum absolute atomic E-state index is 0.0754. The molecule has 5 heteroatoms. The van der Waals surface area contributed by atoms with E-state index in [9.17, 15) is 14.4 Å². The summed E-state index contributed by atoms with van der Waals surface area (Å²) in [6.45, 7) is 4.72. The Morgan fingerprint density at radius 3 is 2.46 bits per heavy atom. The van der Waals surface area contributed by atoms with E-state index in [2.05, 4.69) is 4.98 Å². The molecule has 2 saturated carbocycles. The number of ketones is 2. The smallest absolute Gasteiger partial charge is 0.306 e. The minimum atomic E-state index is -0.288. The minimum Gasteiger partial charge on any atom is -0.457 e. The summed E-state index contributed by atoms with van der Waals surface area (Å²) in [7, 11) is 0. The van der Waals surface area contributed by atoms with Crippen molar-refractivity contribution in [3.05, 3.63) is 22.5 Å². The second-order valence-electron chi connectivity index (χ2n) is 7.40. The van der Waals surface area contributed by atoms with Gasteiger partial charge >= 0.3 is 5.97 Å². The number of rotatable bonds is 6. The summed E-state index contributed by atoms with van der Waals surface area (Å²) in [6, 6.07) is 0. The van der Waals surface area contributed by atoms with E-state index in [-0.39, 0.29) is 24.1 Å². The highest BCUT2D eigenvalue weighted by molar-refractivity contribution is 6.04. The molecule has 0 saturated heterocycles. The standard InChI is InChI=1S/C19H25NO4/c1-10-18(12(3)21)11(2)20-19(10)16(22)9-24-17(23)8-15-7-13-4-5-14(15)6-13/h13-15,20H,4-9H2,1-3H3/t13-,14-,15+/m1/s1. The SMILES string of the molecule is CC(=O)c1c(C)[nH]c(C(=O)COC(=O)C[C@@H]2C[C@@H]3CC[C@@H]2C3)c1C. The van der Waals surface area contributed by atoms with Gasteiger partial charge in [-0.15, -0.1) is 0 Å². The average Bonchev–Trinajstić information content (AvgIpc) is 3.19. The first-order chi connectivity index (χ1) is 11.4. The summed E-state index contributed by atoms with van der Waals surface area (Å²) < 4.78 is 5.20. The van der Waals surface area contributed by atoms with Crippen LogP contribution in [0.25, 0.3) is 0 Å². The number of carbonyl (C=O) groups is 3. The quantitative estimate of drug-likeness (QED) is 0.640. The first kappa shape index (κ1) is 16.9. The average molecular weight is 331 g/mol. The van der Waals surface area contributed by atoms with Gasteiger partial charge in [-0.3, -0.25) is 14.4 Å². The Balaban J connectivity index is 1.55. The molecular weight excluding hydrogens is 306 g/mol.